The Hall–Kier alpha value is -3.08. The van der Waals surface area contributed by atoms with Gasteiger partial charge in [-0.05, 0) is 6.07 Å². The molecular formula is C16H13F3N2O6. The highest BCUT2D eigenvalue weighted by Crippen LogP contribution is 2.50. The van der Waals surface area contributed by atoms with E-state index in [0.29, 0.717) is 0 Å². The van der Waals surface area contributed by atoms with Gasteiger partial charge in [-0.2, -0.15) is 23.1 Å². The monoisotopic (exact) mass is 386 g/mol. The van der Waals surface area contributed by atoms with E-state index in [4.69, 9.17) is 14.2 Å². The van der Waals surface area contributed by atoms with Crippen LogP contribution in [0, 0.1) is 0 Å². The SMILES string of the molecule is COc1cc(OC)nc(Oc2cccc3c2C(=O)OC3(OC)C(F)(F)F)n1. The molecule has 1 aromatic heterocycles. The second-order valence-corrected chi connectivity index (χ2v) is 5.22. The Labute approximate surface area is 150 Å². The summed E-state index contributed by atoms with van der Waals surface area (Å²) in [6.45, 7) is 0. The molecule has 1 aromatic carbocycles. The number of carbonyl (C=O) groups excluding carboxylic acids is 1. The maximum atomic E-state index is 13.5. The summed E-state index contributed by atoms with van der Waals surface area (Å²) in [6.07, 6.45) is -5.00. The molecule has 1 aliphatic rings. The number of hydrogen-bond acceptors (Lipinski definition) is 8. The highest BCUT2D eigenvalue weighted by atomic mass is 19.4. The predicted molar refractivity (Wildman–Crippen MR) is 81.8 cm³/mol. The summed E-state index contributed by atoms with van der Waals surface area (Å²) >= 11 is 0. The van der Waals surface area contributed by atoms with Crippen molar-refractivity contribution >= 4 is 5.97 Å². The standard InChI is InChI=1S/C16H13F3N2O6/c1-23-10-7-11(24-2)21-14(20-10)26-9-6-4-5-8-12(9)13(22)27-15(8,25-3)16(17,18)19/h4-7H,1-3H3. The van der Waals surface area contributed by atoms with Crippen molar-refractivity contribution in [3.63, 3.8) is 0 Å². The van der Waals surface area contributed by atoms with Crippen molar-refractivity contribution in [3.8, 4) is 23.5 Å². The molecule has 1 aliphatic heterocycles. The average molecular weight is 386 g/mol. The van der Waals surface area contributed by atoms with Gasteiger partial charge in [0.2, 0.25) is 11.8 Å². The molecular weight excluding hydrogens is 373 g/mol. The molecule has 0 aliphatic carbocycles. The number of nitrogens with zero attached hydrogens (tertiary/aromatic N) is 2. The lowest BCUT2D eigenvalue weighted by atomic mass is 10.0. The van der Waals surface area contributed by atoms with Gasteiger partial charge in [-0.15, -0.1) is 0 Å². The van der Waals surface area contributed by atoms with Gasteiger partial charge in [-0.1, -0.05) is 12.1 Å². The Bertz CT molecular complexity index is 867. The zero-order valence-electron chi connectivity index (χ0n) is 14.3. The number of cyclic esters (lactones) is 1. The largest absolute Gasteiger partial charge is 0.481 e. The smallest absolute Gasteiger partial charge is 0.460 e. The van der Waals surface area contributed by atoms with Gasteiger partial charge in [0.05, 0.1) is 25.8 Å². The van der Waals surface area contributed by atoms with Crippen LogP contribution in [0.2, 0.25) is 0 Å². The summed E-state index contributed by atoms with van der Waals surface area (Å²) in [6, 6.07) is 4.67. The lowest BCUT2D eigenvalue weighted by Gasteiger charge is -2.28. The predicted octanol–water partition coefficient (Wildman–Crippen LogP) is 2.82. The van der Waals surface area contributed by atoms with E-state index in [1.54, 1.807) is 0 Å². The molecule has 0 fully saturated rings. The fourth-order valence-electron chi connectivity index (χ4n) is 2.55. The van der Waals surface area contributed by atoms with Gasteiger partial charge in [0.25, 0.3) is 0 Å². The van der Waals surface area contributed by atoms with E-state index >= 15 is 0 Å². The fraction of sp³-hybridized carbons (Fsp3) is 0.312. The molecule has 11 heteroatoms. The molecule has 2 heterocycles. The van der Waals surface area contributed by atoms with Crippen molar-refractivity contribution in [1.29, 1.82) is 0 Å². The number of halogens is 3. The summed E-state index contributed by atoms with van der Waals surface area (Å²) in [5.41, 5.74) is -0.975. The van der Waals surface area contributed by atoms with Crippen LogP contribution < -0.4 is 14.2 Å². The zero-order chi connectivity index (χ0) is 19.8. The van der Waals surface area contributed by atoms with Crippen molar-refractivity contribution in [3.05, 3.63) is 35.4 Å². The van der Waals surface area contributed by atoms with Crippen LogP contribution in [0.15, 0.2) is 24.3 Å². The van der Waals surface area contributed by atoms with Crippen LogP contribution in [0.4, 0.5) is 13.2 Å². The Morgan fingerprint density at radius 2 is 1.70 bits per heavy atom. The van der Waals surface area contributed by atoms with Crippen LogP contribution in [0.3, 0.4) is 0 Å². The molecule has 8 nitrogen and oxygen atoms in total. The normalized spacial score (nSPS) is 18.7. The summed E-state index contributed by atoms with van der Waals surface area (Å²) in [5, 5.41) is 0. The first-order valence-electron chi connectivity index (χ1n) is 7.39. The molecule has 1 unspecified atom stereocenters. The summed E-state index contributed by atoms with van der Waals surface area (Å²) in [5.74, 6) is -4.53. The third-order valence-electron chi connectivity index (χ3n) is 3.76. The quantitative estimate of drug-likeness (QED) is 0.725. The highest BCUT2D eigenvalue weighted by molar-refractivity contribution is 5.97. The number of rotatable bonds is 5. The Morgan fingerprint density at radius 1 is 1.07 bits per heavy atom. The number of aromatic nitrogens is 2. The molecule has 3 rings (SSSR count). The number of methoxy groups -OCH3 is 3. The van der Waals surface area contributed by atoms with E-state index in [0.717, 1.165) is 13.2 Å². The minimum absolute atomic E-state index is 0.0912. The van der Waals surface area contributed by atoms with Gasteiger partial charge >= 0.3 is 23.9 Å². The minimum Gasteiger partial charge on any atom is -0.481 e. The molecule has 1 atom stereocenters. The van der Waals surface area contributed by atoms with E-state index in [-0.39, 0.29) is 23.5 Å². The first-order valence-corrected chi connectivity index (χ1v) is 7.39. The molecule has 0 N–H and O–H groups in total. The number of alkyl halides is 3. The second-order valence-electron chi connectivity index (χ2n) is 5.22. The average Bonchev–Trinajstić information content (AvgIpc) is 2.95. The third-order valence-corrected chi connectivity index (χ3v) is 3.76. The van der Waals surface area contributed by atoms with E-state index in [9.17, 15) is 18.0 Å². The molecule has 0 amide bonds. The van der Waals surface area contributed by atoms with Crippen LogP contribution >= 0.6 is 0 Å². The molecule has 0 bridgehead atoms. The molecule has 2 aromatic rings. The first-order chi connectivity index (χ1) is 12.8. The lowest BCUT2D eigenvalue weighted by Crippen LogP contribution is -2.44. The van der Waals surface area contributed by atoms with Crippen LogP contribution in [-0.2, 0) is 15.3 Å². The molecule has 0 saturated carbocycles. The van der Waals surface area contributed by atoms with Crippen molar-refractivity contribution in [1.82, 2.24) is 9.97 Å². The zero-order valence-corrected chi connectivity index (χ0v) is 14.3. The number of hydrogen-bond donors (Lipinski definition) is 0. The lowest BCUT2D eigenvalue weighted by molar-refractivity contribution is -0.359. The maximum Gasteiger partial charge on any atom is 0.460 e. The first kappa shape index (κ1) is 18.7. The number of esters is 1. The van der Waals surface area contributed by atoms with Crippen molar-refractivity contribution in [2.24, 2.45) is 0 Å². The van der Waals surface area contributed by atoms with E-state index in [1.165, 1.54) is 32.4 Å². The van der Waals surface area contributed by atoms with Gasteiger partial charge in [0, 0.05) is 7.11 Å². The van der Waals surface area contributed by atoms with E-state index < -0.39 is 29.1 Å². The molecule has 0 spiro atoms. The van der Waals surface area contributed by atoms with Gasteiger partial charge in [0.15, 0.2) is 0 Å². The minimum atomic E-state index is -5.00. The Kier molecular flexibility index (Phi) is 4.56. The van der Waals surface area contributed by atoms with Crippen molar-refractivity contribution in [2.45, 2.75) is 12.0 Å². The second kappa shape index (κ2) is 6.58. The maximum absolute atomic E-state index is 13.5. The topological polar surface area (TPSA) is 89.0 Å². The molecule has 0 saturated heterocycles. The van der Waals surface area contributed by atoms with Crippen molar-refractivity contribution in [2.75, 3.05) is 21.3 Å². The van der Waals surface area contributed by atoms with Crippen LogP contribution in [-0.4, -0.2) is 43.4 Å². The van der Waals surface area contributed by atoms with E-state index in [1.807, 2.05) is 0 Å². The number of ether oxygens (including phenoxy) is 5. The summed E-state index contributed by atoms with van der Waals surface area (Å²) in [4.78, 5) is 20.0. The highest BCUT2D eigenvalue weighted by Gasteiger charge is 2.66. The van der Waals surface area contributed by atoms with E-state index in [2.05, 4.69) is 19.4 Å². The number of carbonyl (C=O) groups is 1. The number of benzene rings is 1. The third kappa shape index (κ3) is 2.99. The molecule has 0 radical (unpaired) electrons. The Morgan fingerprint density at radius 3 is 2.22 bits per heavy atom. The fourth-order valence-corrected chi connectivity index (χ4v) is 2.55. The van der Waals surface area contributed by atoms with Crippen molar-refractivity contribution < 1.29 is 41.7 Å². The van der Waals surface area contributed by atoms with Gasteiger partial charge in [-0.3, -0.25) is 0 Å². The summed E-state index contributed by atoms with van der Waals surface area (Å²) in [7, 11) is 3.48. The van der Waals surface area contributed by atoms with Gasteiger partial charge in [0.1, 0.15) is 11.3 Å². The molecule has 144 valence electrons. The molecule has 27 heavy (non-hydrogen) atoms. The van der Waals surface area contributed by atoms with Crippen LogP contribution in [0.5, 0.6) is 23.5 Å². The van der Waals surface area contributed by atoms with Gasteiger partial charge in [-0.25, -0.2) is 4.79 Å². The van der Waals surface area contributed by atoms with Gasteiger partial charge < -0.3 is 23.7 Å². The van der Waals surface area contributed by atoms with Crippen LogP contribution in [0.1, 0.15) is 15.9 Å². The summed E-state index contributed by atoms with van der Waals surface area (Å²) < 4.78 is 65.0. The van der Waals surface area contributed by atoms with Crippen LogP contribution in [0.25, 0.3) is 0 Å². The Balaban J connectivity index is 2.09. The number of fused-ring (bicyclic) bond motifs is 1.